The summed E-state index contributed by atoms with van der Waals surface area (Å²) in [6.45, 7) is 4.37. The second-order valence-corrected chi connectivity index (χ2v) is 6.27. The summed E-state index contributed by atoms with van der Waals surface area (Å²) in [5, 5.41) is 20.4. The smallest absolute Gasteiger partial charge is 0.309 e. The molecule has 6 nitrogen and oxygen atoms in total. The number of carboxylic acid groups (broad SMARTS) is 1. The number of benzene rings is 1. The number of aromatic nitrogens is 3. The fraction of sp³-hybridized carbons (Fsp3) is 0.400. The molecule has 8 heteroatoms. The Balaban J connectivity index is 1.92. The molecule has 1 aromatic carbocycles. The van der Waals surface area contributed by atoms with E-state index in [1.807, 2.05) is 0 Å². The van der Waals surface area contributed by atoms with Gasteiger partial charge in [-0.3, -0.25) is 4.79 Å². The van der Waals surface area contributed by atoms with Gasteiger partial charge in [0.2, 0.25) is 0 Å². The van der Waals surface area contributed by atoms with Gasteiger partial charge in [-0.25, -0.2) is 9.07 Å². The fourth-order valence-electron chi connectivity index (χ4n) is 1.89. The number of carbonyl (C=O) groups is 1. The van der Waals surface area contributed by atoms with Crippen LogP contribution in [-0.4, -0.2) is 32.6 Å². The highest BCUT2D eigenvalue weighted by Gasteiger charge is 2.26. The van der Waals surface area contributed by atoms with Crippen LogP contribution in [0.1, 0.15) is 26.0 Å². The SMILES string of the molecule is CC(C)(CCNCc1cn(-c2ccc(F)cc2Cl)nn1)C(=O)O. The van der Waals surface area contributed by atoms with E-state index < -0.39 is 17.2 Å². The Morgan fingerprint density at radius 3 is 2.87 bits per heavy atom. The molecule has 0 unspecified atom stereocenters. The van der Waals surface area contributed by atoms with E-state index in [9.17, 15) is 9.18 Å². The Kier molecular flexibility index (Phi) is 5.33. The van der Waals surface area contributed by atoms with E-state index in [0.717, 1.165) is 0 Å². The zero-order valence-corrected chi connectivity index (χ0v) is 13.6. The Morgan fingerprint density at radius 2 is 2.22 bits per heavy atom. The molecule has 23 heavy (non-hydrogen) atoms. The number of hydrogen-bond acceptors (Lipinski definition) is 4. The van der Waals surface area contributed by atoms with E-state index in [-0.39, 0.29) is 5.02 Å². The van der Waals surface area contributed by atoms with Crippen molar-refractivity contribution in [1.82, 2.24) is 20.3 Å². The highest BCUT2D eigenvalue weighted by molar-refractivity contribution is 6.32. The standard InChI is InChI=1S/C15H18ClFN4O2/c1-15(2,14(22)23)5-6-18-8-11-9-21(20-19-11)13-4-3-10(17)7-12(13)16/h3-4,7,9,18H,5-6,8H2,1-2H3,(H,22,23). The zero-order chi connectivity index (χ0) is 17.0. The summed E-state index contributed by atoms with van der Waals surface area (Å²) in [4.78, 5) is 11.0. The van der Waals surface area contributed by atoms with Crippen molar-refractivity contribution in [3.8, 4) is 5.69 Å². The van der Waals surface area contributed by atoms with Gasteiger partial charge in [0.05, 0.1) is 28.0 Å². The van der Waals surface area contributed by atoms with Crippen LogP contribution in [0, 0.1) is 11.2 Å². The third-order valence-electron chi connectivity index (χ3n) is 3.51. The Morgan fingerprint density at radius 1 is 1.48 bits per heavy atom. The predicted octanol–water partition coefficient (Wildman–Crippen LogP) is 2.65. The van der Waals surface area contributed by atoms with Crippen molar-refractivity contribution in [2.75, 3.05) is 6.54 Å². The molecule has 0 saturated heterocycles. The molecule has 2 aromatic rings. The maximum atomic E-state index is 13.0. The molecule has 2 N–H and O–H groups in total. The van der Waals surface area contributed by atoms with Crippen LogP contribution in [0.15, 0.2) is 24.4 Å². The number of nitrogens with one attached hydrogen (secondary N) is 1. The van der Waals surface area contributed by atoms with Crippen LogP contribution >= 0.6 is 11.6 Å². The number of rotatable bonds is 7. The number of nitrogens with zero attached hydrogens (tertiary/aromatic N) is 3. The molecule has 0 saturated carbocycles. The third kappa shape index (κ3) is 4.49. The van der Waals surface area contributed by atoms with Gasteiger partial charge in [-0.2, -0.15) is 0 Å². The molecule has 0 aliphatic carbocycles. The first-order chi connectivity index (χ1) is 10.8. The molecular weight excluding hydrogens is 323 g/mol. The quantitative estimate of drug-likeness (QED) is 0.757. The Labute approximate surface area is 138 Å². The molecule has 0 atom stereocenters. The summed E-state index contributed by atoms with van der Waals surface area (Å²) in [6.07, 6.45) is 2.19. The van der Waals surface area contributed by atoms with Crippen molar-refractivity contribution >= 4 is 17.6 Å². The Bertz CT molecular complexity index is 703. The average Bonchev–Trinajstić information content (AvgIpc) is 2.92. The molecule has 0 aliphatic heterocycles. The van der Waals surface area contributed by atoms with Crippen molar-refractivity contribution in [1.29, 1.82) is 0 Å². The lowest BCUT2D eigenvalue weighted by Crippen LogP contribution is -2.28. The largest absolute Gasteiger partial charge is 0.481 e. The molecule has 0 fully saturated rings. The van der Waals surface area contributed by atoms with Crippen LogP contribution in [0.4, 0.5) is 4.39 Å². The first-order valence-corrected chi connectivity index (χ1v) is 7.48. The topological polar surface area (TPSA) is 80.0 Å². The van der Waals surface area contributed by atoms with E-state index in [4.69, 9.17) is 16.7 Å². The van der Waals surface area contributed by atoms with E-state index in [2.05, 4.69) is 15.6 Å². The lowest BCUT2D eigenvalue weighted by atomic mass is 9.90. The number of aliphatic carboxylic acids is 1. The predicted molar refractivity (Wildman–Crippen MR) is 84.1 cm³/mol. The first kappa shape index (κ1) is 17.4. The van der Waals surface area contributed by atoms with Crippen LogP contribution in [0.25, 0.3) is 5.69 Å². The van der Waals surface area contributed by atoms with Crippen molar-refractivity contribution in [3.05, 3.63) is 40.9 Å². The van der Waals surface area contributed by atoms with Crippen LogP contribution < -0.4 is 5.32 Å². The van der Waals surface area contributed by atoms with Crippen LogP contribution in [0.2, 0.25) is 5.02 Å². The van der Waals surface area contributed by atoms with Gasteiger partial charge < -0.3 is 10.4 Å². The summed E-state index contributed by atoms with van der Waals surface area (Å²) in [6, 6.07) is 4.04. The lowest BCUT2D eigenvalue weighted by molar-refractivity contribution is -0.147. The summed E-state index contributed by atoms with van der Waals surface area (Å²) in [5.74, 6) is -1.24. The molecule has 0 spiro atoms. The minimum absolute atomic E-state index is 0.248. The number of halogens is 2. The first-order valence-electron chi connectivity index (χ1n) is 7.10. The highest BCUT2D eigenvalue weighted by atomic mass is 35.5. The molecule has 0 amide bonds. The molecule has 2 rings (SSSR count). The zero-order valence-electron chi connectivity index (χ0n) is 12.9. The van der Waals surface area contributed by atoms with Gasteiger partial charge in [-0.15, -0.1) is 5.10 Å². The van der Waals surface area contributed by atoms with Crippen molar-refractivity contribution in [2.24, 2.45) is 5.41 Å². The molecule has 1 heterocycles. The van der Waals surface area contributed by atoms with Crippen molar-refractivity contribution < 1.29 is 14.3 Å². The van der Waals surface area contributed by atoms with Gasteiger partial charge in [0.1, 0.15) is 5.82 Å². The number of hydrogen-bond donors (Lipinski definition) is 2. The molecule has 124 valence electrons. The number of carboxylic acids is 1. The van der Waals surface area contributed by atoms with Gasteiger partial charge in [0.15, 0.2) is 0 Å². The molecule has 0 bridgehead atoms. The van der Waals surface area contributed by atoms with Gasteiger partial charge in [-0.1, -0.05) is 16.8 Å². The molecule has 1 aromatic heterocycles. The maximum absolute atomic E-state index is 13.0. The van der Waals surface area contributed by atoms with Gasteiger partial charge >= 0.3 is 5.97 Å². The summed E-state index contributed by atoms with van der Waals surface area (Å²) in [5.41, 5.74) is 0.448. The van der Waals surface area contributed by atoms with E-state index in [1.54, 1.807) is 20.0 Å². The molecular formula is C15H18ClFN4O2. The van der Waals surface area contributed by atoms with E-state index in [1.165, 1.54) is 22.9 Å². The van der Waals surface area contributed by atoms with E-state index >= 15 is 0 Å². The minimum atomic E-state index is -0.823. The van der Waals surface area contributed by atoms with Gasteiger partial charge in [0, 0.05) is 6.54 Å². The highest BCUT2D eigenvalue weighted by Crippen LogP contribution is 2.21. The fourth-order valence-corrected chi connectivity index (χ4v) is 2.14. The monoisotopic (exact) mass is 340 g/mol. The van der Waals surface area contributed by atoms with E-state index in [0.29, 0.717) is 30.9 Å². The van der Waals surface area contributed by atoms with Gasteiger partial charge in [-0.05, 0) is 45.0 Å². The second-order valence-electron chi connectivity index (χ2n) is 5.87. The summed E-state index contributed by atoms with van der Waals surface area (Å²) in [7, 11) is 0. The average molecular weight is 341 g/mol. The molecule has 0 aliphatic rings. The van der Waals surface area contributed by atoms with Crippen LogP contribution in [0.5, 0.6) is 0 Å². The minimum Gasteiger partial charge on any atom is -0.481 e. The maximum Gasteiger partial charge on any atom is 0.309 e. The van der Waals surface area contributed by atoms with Crippen LogP contribution in [-0.2, 0) is 11.3 Å². The van der Waals surface area contributed by atoms with Crippen LogP contribution in [0.3, 0.4) is 0 Å². The van der Waals surface area contributed by atoms with Crippen molar-refractivity contribution in [3.63, 3.8) is 0 Å². The van der Waals surface area contributed by atoms with Crippen molar-refractivity contribution in [2.45, 2.75) is 26.8 Å². The molecule has 0 radical (unpaired) electrons. The Hall–Kier alpha value is -1.99. The normalized spacial score (nSPS) is 11.7. The van der Waals surface area contributed by atoms with Gasteiger partial charge in [0.25, 0.3) is 0 Å². The summed E-state index contributed by atoms with van der Waals surface area (Å²) < 4.78 is 14.5. The lowest BCUT2D eigenvalue weighted by Gasteiger charge is -2.18. The third-order valence-corrected chi connectivity index (χ3v) is 3.81. The summed E-state index contributed by atoms with van der Waals surface area (Å²) >= 11 is 5.98. The second kappa shape index (κ2) is 7.06.